The topological polar surface area (TPSA) is 87.6 Å². The SMILES string of the molecule is COc1cc(COC2CNCC(O)C2c2ccc(OCCCOCc3ccccc3)cc2)cc(OC)c1OC. The van der Waals surface area contributed by atoms with Crippen molar-refractivity contribution in [3.8, 4) is 23.0 Å². The predicted octanol–water partition coefficient (Wildman–Crippen LogP) is 4.33. The molecular formula is C31H39NO7. The van der Waals surface area contributed by atoms with Crippen LogP contribution in [0, 0.1) is 0 Å². The van der Waals surface area contributed by atoms with Gasteiger partial charge in [-0.25, -0.2) is 0 Å². The third-order valence-corrected chi connectivity index (χ3v) is 6.78. The number of aliphatic hydroxyl groups is 1. The molecule has 3 unspecified atom stereocenters. The van der Waals surface area contributed by atoms with Crippen LogP contribution >= 0.6 is 0 Å². The lowest BCUT2D eigenvalue weighted by Gasteiger charge is -2.36. The monoisotopic (exact) mass is 537 g/mol. The molecule has 2 N–H and O–H groups in total. The largest absolute Gasteiger partial charge is 0.494 e. The van der Waals surface area contributed by atoms with Gasteiger partial charge in [-0.1, -0.05) is 42.5 Å². The fourth-order valence-corrected chi connectivity index (χ4v) is 4.80. The minimum atomic E-state index is -0.572. The fourth-order valence-electron chi connectivity index (χ4n) is 4.80. The molecule has 3 atom stereocenters. The van der Waals surface area contributed by atoms with Gasteiger partial charge in [0.2, 0.25) is 5.75 Å². The zero-order chi connectivity index (χ0) is 27.5. The number of nitrogens with one attached hydrogen (secondary N) is 1. The maximum atomic E-state index is 10.9. The molecule has 1 aliphatic heterocycles. The second-order valence-electron chi connectivity index (χ2n) is 9.44. The molecule has 39 heavy (non-hydrogen) atoms. The van der Waals surface area contributed by atoms with Crippen molar-refractivity contribution in [1.82, 2.24) is 5.32 Å². The van der Waals surface area contributed by atoms with Crippen molar-refractivity contribution in [1.29, 1.82) is 0 Å². The molecule has 8 nitrogen and oxygen atoms in total. The molecule has 0 saturated carbocycles. The van der Waals surface area contributed by atoms with E-state index in [4.69, 9.17) is 28.4 Å². The number of aliphatic hydroxyl groups excluding tert-OH is 1. The summed E-state index contributed by atoms with van der Waals surface area (Å²) in [5.41, 5.74) is 3.07. The molecule has 3 aromatic carbocycles. The van der Waals surface area contributed by atoms with Gasteiger partial charge in [0.05, 0.1) is 60.0 Å². The minimum absolute atomic E-state index is 0.172. The molecule has 1 heterocycles. The maximum Gasteiger partial charge on any atom is 0.203 e. The van der Waals surface area contributed by atoms with Crippen LogP contribution in [0.15, 0.2) is 66.7 Å². The summed E-state index contributed by atoms with van der Waals surface area (Å²) in [4.78, 5) is 0. The Kier molecular flexibility index (Phi) is 10.9. The first-order chi connectivity index (χ1) is 19.1. The number of β-amino-alcohol motifs (C(OH)–C–C–N with tert-alkyl or cyclic N) is 1. The Morgan fingerprint density at radius 1 is 0.795 bits per heavy atom. The molecule has 1 saturated heterocycles. The molecule has 0 radical (unpaired) electrons. The average Bonchev–Trinajstić information content (AvgIpc) is 2.98. The van der Waals surface area contributed by atoms with Crippen molar-refractivity contribution in [2.24, 2.45) is 0 Å². The van der Waals surface area contributed by atoms with Crippen LogP contribution in [0.4, 0.5) is 0 Å². The summed E-state index contributed by atoms with van der Waals surface area (Å²) in [5.74, 6) is 2.31. The standard InChI is InChI=1S/C31H39NO7/c1-34-27-16-23(17-28(35-2)31(27)36-3)21-39-29-19-32-18-26(33)30(29)24-10-12-25(13-11-24)38-15-7-14-37-20-22-8-5-4-6-9-22/h4-6,8-13,16-17,26,29-30,32-33H,7,14-15,18-21H2,1-3H3. The van der Waals surface area contributed by atoms with Crippen molar-refractivity contribution in [2.45, 2.75) is 37.8 Å². The summed E-state index contributed by atoms with van der Waals surface area (Å²) >= 11 is 0. The van der Waals surface area contributed by atoms with Crippen LogP contribution in [-0.4, -0.2) is 64.9 Å². The van der Waals surface area contributed by atoms with E-state index in [9.17, 15) is 5.11 Å². The Bertz CT molecular complexity index is 1110. The lowest BCUT2D eigenvalue weighted by molar-refractivity contribution is -0.0329. The molecule has 0 bridgehead atoms. The van der Waals surface area contributed by atoms with Crippen molar-refractivity contribution in [3.05, 3.63) is 83.4 Å². The number of methoxy groups -OCH3 is 3. The Morgan fingerprint density at radius 3 is 2.18 bits per heavy atom. The van der Waals surface area contributed by atoms with Gasteiger partial charge in [-0.2, -0.15) is 0 Å². The highest BCUT2D eigenvalue weighted by Crippen LogP contribution is 2.39. The summed E-state index contributed by atoms with van der Waals surface area (Å²) < 4.78 is 34.3. The predicted molar refractivity (Wildman–Crippen MR) is 149 cm³/mol. The summed E-state index contributed by atoms with van der Waals surface area (Å²) in [7, 11) is 4.76. The van der Waals surface area contributed by atoms with E-state index >= 15 is 0 Å². The number of rotatable bonds is 14. The average molecular weight is 538 g/mol. The van der Waals surface area contributed by atoms with Crippen LogP contribution in [-0.2, 0) is 22.7 Å². The van der Waals surface area contributed by atoms with Gasteiger partial charge in [-0.3, -0.25) is 0 Å². The van der Waals surface area contributed by atoms with Crippen LogP contribution in [0.3, 0.4) is 0 Å². The second kappa shape index (κ2) is 14.7. The molecule has 0 aliphatic carbocycles. The lowest BCUT2D eigenvalue weighted by Crippen LogP contribution is -2.49. The Labute approximate surface area is 230 Å². The molecule has 4 rings (SSSR count). The third-order valence-electron chi connectivity index (χ3n) is 6.78. The van der Waals surface area contributed by atoms with E-state index in [2.05, 4.69) is 17.4 Å². The number of piperidine rings is 1. The number of hydrogen-bond donors (Lipinski definition) is 2. The van der Waals surface area contributed by atoms with E-state index in [0.717, 1.165) is 23.3 Å². The first kappa shape index (κ1) is 28.7. The van der Waals surface area contributed by atoms with Crippen LogP contribution in [0.2, 0.25) is 0 Å². The molecule has 1 aliphatic rings. The van der Waals surface area contributed by atoms with Gasteiger partial charge in [0.15, 0.2) is 11.5 Å². The van der Waals surface area contributed by atoms with Gasteiger partial charge in [0.25, 0.3) is 0 Å². The van der Waals surface area contributed by atoms with Crippen molar-refractivity contribution >= 4 is 0 Å². The van der Waals surface area contributed by atoms with Crippen molar-refractivity contribution < 1.29 is 33.5 Å². The molecule has 8 heteroatoms. The molecule has 210 valence electrons. The molecule has 0 amide bonds. The number of benzene rings is 3. The zero-order valence-corrected chi connectivity index (χ0v) is 22.9. The first-order valence-corrected chi connectivity index (χ1v) is 13.3. The fraction of sp³-hybridized carbons (Fsp3) is 0.419. The summed E-state index contributed by atoms with van der Waals surface area (Å²) in [6.45, 7) is 3.30. The molecule has 0 spiro atoms. The zero-order valence-electron chi connectivity index (χ0n) is 22.9. The van der Waals surface area contributed by atoms with Crippen LogP contribution < -0.4 is 24.3 Å². The Hall–Kier alpha value is -3.30. The van der Waals surface area contributed by atoms with Crippen LogP contribution in [0.1, 0.15) is 29.0 Å². The highest BCUT2D eigenvalue weighted by molar-refractivity contribution is 5.53. The molecule has 0 aromatic heterocycles. The van der Waals surface area contributed by atoms with Gasteiger partial charge < -0.3 is 38.8 Å². The van der Waals surface area contributed by atoms with Crippen molar-refractivity contribution in [2.75, 3.05) is 47.6 Å². The molecule has 3 aromatic rings. The lowest BCUT2D eigenvalue weighted by atomic mass is 9.85. The Balaban J connectivity index is 1.30. The van der Waals surface area contributed by atoms with Gasteiger partial charge in [-0.05, 0) is 41.0 Å². The quantitative estimate of drug-likeness (QED) is 0.294. The maximum absolute atomic E-state index is 10.9. The summed E-state index contributed by atoms with van der Waals surface area (Å²) in [6.07, 6.45) is 0.0110. The van der Waals surface area contributed by atoms with Crippen LogP contribution in [0.25, 0.3) is 0 Å². The number of hydrogen-bond acceptors (Lipinski definition) is 8. The molecule has 1 fully saturated rings. The normalized spacial score (nSPS) is 18.9. The Morgan fingerprint density at radius 2 is 1.51 bits per heavy atom. The van der Waals surface area contributed by atoms with E-state index < -0.39 is 6.10 Å². The summed E-state index contributed by atoms with van der Waals surface area (Å²) in [6, 6.07) is 21.8. The van der Waals surface area contributed by atoms with E-state index in [-0.39, 0.29) is 12.0 Å². The van der Waals surface area contributed by atoms with E-state index in [1.807, 2.05) is 54.6 Å². The highest BCUT2D eigenvalue weighted by Gasteiger charge is 2.34. The number of ether oxygens (including phenoxy) is 6. The first-order valence-electron chi connectivity index (χ1n) is 13.3. The van der Waals surface area contributed by atoms with Gasteiger partial charge in [0.1, 0.15) is 5.75 Å². The van der Waals surface area contributed by atoms with Gasteiger partial charge in [0, 0.05) is 25.4 Å². The van der Waals surface area contributed by atoms with E-state index in [1.165, 1.54) is 5.56 Å². The highest BCUT2D eigenvalue weighted by atomic mass is 16.5. The smallest absolute Gasteiger partial charge is 0.203 e. The second-order valence-corrected chi connectivity index (χ2v) is 9.44. The van der Waals surface area contributed by atoms with E-state index in [1.54, 1.807) is 21.3 Å². The van der Waals surface area contributed by atoms with Crippen molar-refractivity contribution in [3.63, 3.8) is 0 Å². The van der Waals surface area contributed by atoms with E-state index in [0.29, 0.717) is 56.8 Å². The van der Waals surface area contributed by atoms with Gasteiger partial charge in [-0.15, -0.1) is 0 Å². The third kappa shape index (κ3) is 7.86. The van der Waals surface area contributed by atoms with Crippen LogP contribution in [0.5, 0.6) is 23.0 Å². The minimum Gasteiger partial charge on any atom is -0.494 e. The molecular weight excluding hydrogens is 498 g/mol. The van der Waals surface area contributed by atoms with Gasteiger partial charge >= 0.3 is 0 Å². The summed E-state index contributed by atoms with van der Waals surface area (Å²) in [5, 5.41) is 14.1.